The number of hydrogen-bond acceptors (Lipinski definition) is 2. The van der Waals surface area contributed by atoms with Crippen LogP contribution in [-0.2, 0) is 0 Å². The first-order valence-corrected chi connectivity index (χ1v) is 3.68. The number of halogens is 1. The molecule has 0 aromatic carbocycles. The zero-order valence-electron chi connectivity index (χ0n) is 6.87. The van der Waals surface area contributed by atoms with Gasteiger partial charge in [-0.15, -0.1) is 0 Å². The molecule has 0 amide bonds. The average molecular weight is 174 g/mol. The minimum Gasteiger partial charge on any atom is -0.288 e. The van der Waals surface area contributed by atoms with Crippen molar-refractivity contribution in [2.75, 3.05) is 0 Å². The summed E-state index contributed by atoms with van der Waals surface area (Å²) in [5, 5.41) is 8.71. The molecule has 2 aromatic heterocycles. The molecule has 0 atom stereocenters. The molecule has 3 nitrogen and oxygen atoms in total. The van der Waals surface area contributed by atoms with Gasteiger partial charge >= 0.3 is 0 Å². The van der Waals surface area contributed by atoms with Crippen molar-refractivity contribution in [1.29, 1.82) is 5.26 Å². The second kappa shape index (κ2) is 2.56. The molecule has 13 heavy (non-hydrogen) atoms. The summed E-state index contributed by atoms with van der Waals surface area (Å²) in [4.78, 5) is 3.92. The monoisotopic (exact) mass is 174 g/mol. The number of aryl methyl sites for hydroxylation is 1. The van der Waals surface area contributed by atoms with Crippen LogP contribution in [0.25, 0.3) is 5.65 Å². The van der Waals surface area contributed by atoms with Crippen molar-refractivity contribution in [3.05, 3.63) is 35.5 Å². The normalized spacial score (nSPS) is 10.2. The number of nitrogens with zero attached hydrogens (tertiary/aromatic N) is 3. The number of pyridine rings is 1. The van der Waals surface area contributed by atoms with E-state index in [4.69, 9.17) is 5.26 Å². The van der Waals surface area contributed by atoms with Crippen molar-refractivity contribution in [2.24, 2.45) is 0 Å². The summed E-state index contributed by atoms with van der Waals surface area (Å²) in [5.41, 5.74) is 0.759. The first-order valence-electron chi connectivity index (χ1n) is 3.68. The van der Waals surface area contributed by atoms with Gasteiger partial charge in [-0.1, -0.05) is 0 Å². The van der Waals surface area contributed by atoms with Crippen LogP contribution in [0, 0.1) is 30.1 Å². The average Bonchev–Trinajstić information content (AvgIpc) is 2.54. The molecular formula is C9H5FN3. The Kier molecular flexibility index (Phi) is 1.52. The highest BCUT2D eigenvalue weighted by Crippen LogP contribution is 2.13. The minimum absolute atomic E-state index is 0.0243. The smallest absolute Gasteiger partial charge is 0.162 e. The first kappa shape index (κ1) is 7.74. The summed E-state index contributed by atoms with van der Waals surface area (Å²) in [6.45, 7) is 1.56. The van der Waals surface area contributed by atoms with Crippen LogP contribution in [0.1, 0.15) is 11.3 Å². The van der Waals surface area contributed by atoms with Crippen LogP contribution in [0.2, 0.25) is 0 Å². The Hall–Kier alpha value is -1.89. The van der Waals surface area contributed by atoms with E-state index in [2.05, 4.69) is 11.1 Å². The van der Waals surface area contributed by atoms with Gasteiger partial charge in [-0.3, -0.25) is 4.40 Å². The fourth-order valence-corrected chi connectivity index (χ4v) is 1.19. The quantitative estimate of drug-likeness (QED) is 0.606. The van der Waals surface area contributed by atoms with E-state index in [1.807, 2.05) is 0 Å². The molecule has 0 bridgehead atoms. The van der Waals surface area contributed by atoms with Crippen LogP contribution in [0.15, 0.2) is 12.4 Å². The van der Waals surface area contributed by atoms with Crippen LogP contribution < -0.4 is 0 Å². The molecule has 4 heteroatoms. The Labute approximate surface area is 74.1 Å². The molecule has 0 saturated heterocycles. The number of hydrogen-bond donors (Lipinski definition) is 0. The molecule has 0 N–H and O–H groups in total. The van der Waals surface area contributed by atoms with Gasteiger partial charge in [0.05, 0.1) is 0 Å². The van der Waals surface area contributed by atoms with Crippen LogP contribution in [0.4, 0.5) is 4.39 Å². The van der Waals surface area contributed by atoms with Gasteiger partial charge in [0.2, 0.25) is 0 Å². The van der Waals surface area contributed by atoms with Crippen LogP contribution in [-0.4, -0.2) is 9.38 Å². The van der Waals surface area contributed by atoms with Gasteiger partial charge in [-0.25, -0.2) is 9.37 Å². The number of rotatable bonds is 0. The third kappa shape index (κ3) is 0.975. The van der Waals surface area contributed by atoms with Crippen LogP contribution >= 0.6 is 0 Å². The summed E-state index contributed by atoms with van der Waals surface area (Å²) >= 11 is 0. The lowest BCUT2D eigenvalue weighted by Crippen LogP contribution is -1.98. The lowest BCUT2D eigenvalue weighted by Gasteiger charge is -2.00. The lowest BCUT2D eigenvalue weighted by atomic mass is 10.2. The maximum Gasteiger partial charge on any atom is 0.162 e. The van der Waals surface area contributed by atoms with E-state index in [0.717, 1.165) is 0 Å². The van der Waals surface area contributed by atoms with Crippen molar-refractivity contribution < 1.29 is 4.39 Å². The summed E-state index contributed by atoms with van der Waals surface area (Å²) in [6.07, 6.45) is 3.04. The third-order valence-electron chi connectivity index (χ3n) is 1.82. The standard InChI is InChI=1S/C9H5FN3/c1-6-4-8-12-2-3-13(8)7(5-11)9(6)10/h2-3H,1H3. The van der Waals surface area contributed by atoms with E-state index >= 15 is 0 Å². The van der Waals surface area contributed by atoms with Gasteiger partial charge in [-0.2, -0.15) is 5.26 Å². The molecule has 0 aliphatic heterocycles. The Balaban J connectivity index is 2.98. The zero-order chi connectivity index (χ0) is 9.42. The van der Waals surface area contributed by atoms with Crippen molar-refractivity contribution >= 4 is 5.65 Å². The number of nitriles is 1. The lowest BCUT2D eigenvalue weighted by molar-refractivity contribution is 0.604. The molecule has 63 valence electrons. The van der Waals surface area contributed by atoms with Gasteiger partial charge in [0.25, 0.3) is 0 Å². The molecule has 0 aliphatic rings. The van der Waals surface area contributed by atoms with E-state index in [1.54, 1.807) is 13.0 Å². The first-order chi connectivity index (χ1) is 6.24. The summed E-state index contributed by atoms with van der Waals surface area (Å²) in [7, 11) is 0. The Bertz CT molecular complexity index is 507. The molecule has 0 fully saturated rings. The molecular weight excluding hydrogens is 169 g/mol. The Morgan fingerprint density at radius 3 is 3.15 bits per heavy atom. The highest BCUT2D eigenvalue weighted by Gasteiger charge is 2.10. The van der Waals surface area contributed by atoms with Gasteiger partial charge in [0, 0.05) is 18.5 Å². The van der Waals surface area contributed by atoms with Crippen molar-refractivity contribution in [3.63, 3.8) is 0 Å². The number of aromatic nitrogens is 2. The highest BCUT2D eigenvalue weighted by molar-refractivity contribution is 5.46. The summed E-state index contributed by atoms with van der Waals surface area (Å²) in [5.74, 6) is -0.534. The predicted octanol–water partition coefficient (Wildman–Crippen LogP) is 1.45. The molecule has 0 unspecified atom stereocenters. The van der Waals surface area contributed by atoms with E-state index in [-0.39, 0.29) is 5.69 Å². The SMILES string of the molecule is Cc1[c]c2nccn2c(C#N)c1F. The molecule has 2 aromatic rings. The fourth-order valence-electron chi connectivity index (χ4n) is 1.19. The molecule has 2 heterocycles. The molecule has 2 rings (SSSR count). The maximum absolute atomic E-state index is 13.3. The topological polar surface area (TPSA) is 41.1 Å². The maximum atomic E-state index is 13.3. The molecule has 0 aliphatic carbocycles. The Morgan fingerprint density at radius 1 is 1.69 bits per heavy atom. The largest absolute Gasteiger partial charge is 0.288 e. The second-order valence-electron chi connectivity index (χ2n) is 2.65. The minimum atomic E-state index is -0.534. The van der Waals surface area contributed by atoms with Crippen molar-refractivity contribution in [3.8, 4) is 6.07 Å². The van der Waals surface area contributed by atoms with Crippen molar-refractivity contribution in [1.82, 2.24) is 9.38 Å². The van der Waals surface area contributed by atoms with E-state index in [1.165, 1.54) is 16.8 Å². The van der Waals surface area contributed by atoms with E-state index in [0.29, 0.717) is 11.2 Å². The van der Waals surface area contributed by atoms with Crippen LogP contribution in [0.5, 0.6) is 0 Å². The third-order valence-corrected chi connectivity index (χ3v) is 1.82. The van der Waals surface area contributed by atoms with E-state index in [9.17, 15) is 4.39 Å². The van der Waals surface area contributed by atoms with Gasteiger partial charge in [0.1, 0.15) is 11.7 Å². The molecule has 0 saturated carbocycles. The molecule has 1 radical (unpaired) electrons. The number of fused-ring (bicyclic) bond motifs is 1. The summed E-state index contributed by atoms with van der Waals surface area (Å²) in [6, 6.07) is 4.53. The zero-order valence-corrected chi connectivity index (χ0v) is 6.87. The Morgan fingerprint density at radius 2 is 2.46 bits per heavy atom. The molecule has 0 spiro atoms. The van der Waals surface area contributed by atoms with Gasteiger partial charge in [0.15, 0.2) is 11.5 Å². The second-order valence-corrected chi connectivity index (χ2v) is 2.65. The fraction of sp³-hybridized carbons (Fsp3) is 0.111. The highest BCUT2D eigenvalue weighted by atomic mass is 19.1. The number of imidazole rings is 1. The van der Waals surface area contributed by atoms with Crippen LogP contribution in [0.3, 0.4) is 0 Å². The van der Waals surface area contributed by atoms with Gasteiger partial charge < -0.3 is 0 Å². The van der Waals surface area contributed by atoms with E-state index < -0.39 is 5.82 Å². The van der Waals surface area contributed by atoms with Crippen molar-refractivity contribution in [2.45, 2.75) is 6.92 Å². The summed E-state index contributed by atoms with van der Waals surface area (Å²) < 4.78 is 14.7. The van der Waals surface area contributed by atoms with Gasteiger partial charge in [-0.05, 0) is 12.5 Å². The predicted molar refractivity (Wildman–Crippen MR) is 43.4 cm³/mol.